The second-order valence-corrected chi connectivity index (χ2v) is 4.91. The Hall–Kier alpha value is -0.720. The first-order chi connectivity index (χ1) is 7.63. The quantitative estimate of drug-likeness (QED) is 0.674. The molecule has 0 saturated carbocycles. The predicted molar refractivity (Wildman–Crippen MR) is 72.1 cm³/mol. The number of nitrogens with zero attached hydrogens (tertiary/aromatic N) is 1. The SMILES string of the molecule is CCCCc1c(C)c(C)c(CCCC)n1C. The van der Waals surface area contributed by atoms with Crippen molar-refractivity contribution in [2.45, 2.75) is 66.2 Å². The van der Waals surface area contributed by atoms with Crippen molar-refractivity contribution in [2.24, 2.45) is 7.05 Å². The summed E-state index contributed by atoms with van der Waals surface area (Å²) >= 11 is 0. The minimum Gasteiger partial charge on any atom is -0.351 e. The van der Waals surface area contributed by atoms with Gasteiger partial charge in [-0.1, -0.05) is 26.7 Å². The molecule has 0 aliphatic rings. The van der Waals surface area contributed by atoms with Crippen molar-refractivity contribution in [3.8, 4) is 0 Å². The van der Waals surface area contributed by atoms with Crippen molar-refractivity contribution < 1.29 is 0 Å². The summed E-state index contributed by atoms with van der Waals surface area (Å²) < 4.78 is 2.45. The number of unbranched alkanes of at least 4 members (excludes halogenated alkanes) is 2. The summed E-state index contributed by atoms with van der Waals surface area (Å²) in [5.74, 6) is 0. The Morgan fingerprint density at radius 1 is 0.812 bits per heavy atom. The molecule has 0 unspecified atom stereocenters. The van der Waals surface area contributed by atoms with Crippen LogP contribution >= 0.6 is 0 Å². The molecule has 0 saturated heterocycles. The number of hydrogen-bond acceptors (Lipinski definition) is 0. The van der Waals surface area contributed by atoms with Crippen LogP contribution in [0.3, 0.4) is 0 Å². The van der Waals surface area contributed by atoms with Gasteiger partial charge in [0.1, 0.15) is 0 Å². The summed E-state index contributed by atoms with van der Waals surface area (Å²) in [6.45, 7) is 9.11. The molecule has 1 aromatic rings. The van der Waals surface area contributed by atoms with Crippen molar-refractivity contribution >= 4 is 0 Å². The molecule has 0 bridgehead atoms. The zero-order valence-electron chi connectivity index (χ0n) is 11.7. The Morgan fingerprint density at radius 3 is 1.50 bits per heavy atom. The second-order valence-electron chi connectivity index (χ2n) is 4.91. The van der Waals surface area contributed by atoms with E-state index >= 15 is 0 Å². The fourth-order valence-corrected chi connectivity index (χ4v) is 2.50. The van der Waals surface area contributed by atoms with Gasteiger partial charge in [0.25, 0.3) is 0 Å². The third-order valence-corrected chi connectivity index (χ3v) is 3.77. The molecule has 0 spiro atoms. The Kier molecular flexibility index (Phi) is 5.11. The summed E-state index contributed by atoms with van der Waals surface area (Å²) in [7, 11) is 2.25. The van der Waals surface area contributed by atoms with Gasteiger partial charge in [0, 0.05) is 18.4 Å². The van der Waals surface area contributed by atoms with Crippen LogP contribution in [-0.2, 0) is 19.9 Å². The average molecular weight is 221 g/mol. The Balaban J connectivity index is 2.92. The molecule has 1 aromatic heterocycles. The highest BCUT2D eigenvalue weighted by Crippen LogP contribution is 2.23. The molecular formula is C15H27N. The summed E-state index contributed by atoms with van der Waals surface area (Å²) in [6, 6.07) is 0. The van der Waals surface area contributed by atoms with Gasteiger partial charge in [0.2, 0.25) is 0 Å². The molecule has 0 aliphatic carbocycles. The van der Waals surface area contributed by atoms with Gasteiger partial charge in [0.15, 0.2) is 0 Å². The van der Waals surface area contributed by atoms with Crippen LogP contribution in [-0.4, -0.2) is 4.57 Å². The topological polar surface area (TPSA) is 4.93 Å². The standard InChI is InChI=1S/C15H27N/c1-6-8-10-14-12(3)13(4)15(16(14)5)11-9-7-2/h6-11H2,1-5H3. The van der Waals surface area contributed by atoms with E-state index < -0.39 is 0 Å². The zero-order chi connectivity index (χ0) is 12.1. The van der Waals surface area contributed by atoms with E-state index in [1.54, 1.807) is 11.4 Å². The highest BCUT2D eigenvalue weighted by atomic mass is 15.0. The zero-order valence-corrected chi connectivity index (χ0v) is 11.7. The van der Waals surface area contributed by atoms with E-state index in [0.29, 0.717) is 0 Å². The first-order valence-corrected chi connectivity index (χ1v) is 6.77. The Labute approximate surface area is 101 Å². The van der Waals surface area contributed by atoms with E-state index in [9.17, 15) is 0 Å². The number of rotatable bonds is 6. The van der Waals surface area contributed by atoms with E-state index in [2.05, 4.69) is 39.3 Å². The van der Waals surface area contributed by atoms with Gasteiger partial charge >= 0.3 is 0 Å². The largest absolute Gasteiger partial charge is 0.351 e. The highest BCUT2D eigenvalue weighted by molar-refractivity contribution is 5.36. The first-order valence-electron chi connectivity index (χ1n) is 6.77. The Bertz CT molecular complexity index is 302. The van der Waals surface area contributed by atoms with E-state index in [0.717, 1.165) is 0 Å². The number of hydrogen-bond donors (Lipinski definition) is 0. The third-order valence-electron chi connectivity index (χ3n) is 3.77. The minimum absolute atomic E-state index is 1.24. The van der Waals surface area contributed by atoms with E-state index in [4.69, 9.17) is 0 Å². The molecule has 0 atom stereocenters. The maximum absolute atomic E-state index is 2.45. The number of aromatic nitrogens is 1. The van der Waals surface area contributed by atoms with Crippen molar-refractivity contribution in [3.63, 3.8) is 0 Å². The summed E-state index contributed by atoms with van der Waals surface area (Å²) in [4.78, 5) is 0. The van der Waals surface area contributed by atoms with Crippen molar-refractivity contribution in [2.75, 3.05) is 0 Å². The van der Waals surface area contributed by atoms with E-state index in [-0.39, 0.29) is 0 Å². The first kappa shape index (κ1) is 13.3. The van der Waals surface area contributed by atoms with Crippen LogP contribution < -0.4 is 0 Å². The molecule has 0 fully saturated rings. The molecule has 1 heterocycles. The summed E-state index contributed by atoms with van der Waals surface area (Å²) in [5, 5.41) is 0. The molecule has 0 aromatic carbocycles. The third kappa shape index (κ3) is 2.69. The average Bonchev–Trinajstić information content (AvgIpc) is 2.47. The van der Waals surface area contributed by atoms with Gasteiger partial charge in [-0.25, -0.2) is 0 Å². The van der Waals surface area contributed by atoms with Gasteiger partial charge in [-0.2, -0.15) is 0 Å². The Morgan fingerprint density at radius 2 is 1.19 bits per heavy atom. The molecule has 92 valence electrons. The molecule has 1 heteroatoms. The van der Waals surface area contributed by atoms with Crippen LogP contribution in [0.2, 0.25) is 0 Å². The monoisotopic (exact) mass is 221 g/mol. The highest BCUT2D eigenvalue weighted by Gasteiger charge is 2.13. The molecule has 16 heavy (non-hydrogen) atoms. The molecule has 0 radical (unpaired) electrons. The molecule has 0 amide bonds. The maximum Gasteiger partial charge on any atom is 0.0206 e. The smallest absolute Gasteiger partial charge is 0.0206 e. The van der Waals surface area contributed by atoms with Gasteiger partial charge in [-0.15, -0.1) is 0 Å². The maximum atomic E-state index is 2.45. The van der Waals surface area contributed by atoms with Crippen molar-refractivity contribution in [1.82, 2.24) is 4.57 Å². The predicted octanol–water partition coefficient (Wildman–Crippen LogP) is 4.33. The van der Waals surface area contributed by atoms with Crippen LogP contribution in [0.1, 0.15) is 62.0 Å². The summed E-state index contributed by atoms with van der Waals surface area (Å²) in [6.07, 6.45) is 7.68. The molecule has 0 N–H and O–H groups in total. The summed E-state index contributed by atoms with van der Waals surface area (Å²) in [5.41, 5.74) is 6.18. The second kappa shape index (κ2) is 6.12. The lowest BCUT2D eigenvalue weighted by molar-refractivity contribution is 0.684. The van der Waals surface area contributed by atoms with Gasteiger partial charge in [-0.05, 0) is 50.7 Å². The fourth-order valence-electron chi connectivity index (χ4n) is 2.50. The van der Waals surface area contributed by atoms with Crippen LogP contribution in [0.15, 0.2) is 0 Å². The van der Waals surface area contributed by atoms with E-state index in [1.165, 1.54) is 49.7 Å². The van der Waals surface area contributed by atoms with Crippen LogP contribution in [0.25, 0.3) is 0 Å². The lowest BCUT2D eigenvalue weighted by atomic mass is 10.1. The molecular weight excluding hydrogens is 194 g/mol. The lowest BCUT2D eigenvalue weighted by Crippen LogP contribution is -2.02. The van der Waals surface area contributed by atoms with Gasteiger partial charge < -0.3 is 4.57 Å². The molecule has 0 aliphatic heterocycles. The molecule has 1 rings (SSSR count). The molecule has 1 nitrogen and oxygen atoms in total. The van der Waals surface area contributed by atoms with Gasteiger partial charge in [-0.3, -0.25) is 0 Å². The normalized spacial score (nSPS) is 11.1. The lowest BCUT2D eigenvalue weighted by Gasteiger charge is -2.08. The van der Waals surface area contributed by atoms with Crippen molar-refractivity contribution in [3.05, 3.63) is 22.5 Å². The fraction of sp³-hybridized carbons (Fsp3) is 0.733. The van der Waals surface area contributed by atoms with Crippen LogP contribution in [0.4, 0.5) is 0 Å². The van der Waals surface area contributed by atoms with Crippen LogP contribution in [0, 0.1) is 13.8 Å². The van der Waals surface area contributed by atoms with E-state index in [1.807, 2.05) is 0 Å². The van der Waals surface area contributed by atoms with Crippen LogP contribution in [0.5, 0.6) is 0 Å². The van der Waals surface area contributed by atoms with Crippen molar-refractivity contribution in [1.29, 1.82) is 0 Å². The minimum atomic E-state index is 1.24. The van der Waals surface area contributed by atoms with Gasteiger partial charge in [0.05, 0.1) is 0 Å².